The monoisotopic (exact) mass is 452 g/mol. The number of hydrogen-bond donors (Lipinski definition) is 0. The van der Waals surface area contributed by atoms with Crippen molar-refractivity contribution in [2.24, 2.45) is 11.8 Å². The Morgan fingerprint density at radius 1 is 0.562 bits per heavy atom. The second-order valence-corrected chi connectivity index (χ2v) is 9.85. The van der Waals surface area contributed by atoms with Crippen LogP contribution in [-0.2, 0) is 19.1 Å². The van der Waals surface area contributed by atoms with E-state index in [0.717, 1.165) is 44.9 Å². The Bertz CT molecular complexity index is 462. The van der Waals surface area contributed by atoms with Crippen LogP contribution in [0.25, 0.3) is 0 Å². The molecular formula is C28H52O4. The van der Waals surface area contributed by atoms with Gasteiger partial charge in [-0.05, 0) is 32.1 Å². The number of carbonyl (C=O) groups is 2. The normalized spacial score (nSPS) is 18.4. The molecule has 0 aromatic carbocycles. The highest BCUT2D eigenvalue weighted by molar-refractivity contribution is 5.76. The van der Waals surface area contributed by atoms with E-state index in [0.29, 0.717) is 19.6 Å². The summed E-state index contributed by atoms with van der Waals surface area (Å²) in [7, 11) is 0. The summed E-state index contributed by atoms with van der Waals surface area (Å²) in [6, 6.07) is 0. The molecule has 4 heteroatoms. The quantitative estimate of drug-likeness (QED) is 0.138. The molecule has 188 valence electrons. The van der Waals surface area contributed by atoms with E-state index in [1.165, 1.54) is 77.0 Å². The minimum Gasteiger partial charge on any atom is -0.465 e. The van der Waals surface area contributed by atoms with Gasteiger partial charge in [-0.2, -0.15) is 0 Å². The molecule has 1 aliphatic rings. The molecule has 0 amide bonds. The molecule has 0 heterocycles. The van der Waals surface area contributed by atoms with Gasteiger partial charge in [0.2, 0.25) is 0 Å². The van der Waals surface area contributed by atoms with Gasteiger partial charge in [-0.3, -0.25) is 9.59 Å². The summed E-state index contributed by atoms with van der Waals surface area (Å²) in [6.45, 7) is 5.52. The third-order valence-corrected chi connectivity index (χ3v) is 6.83. The van der Waals surface area contributed by atoms with Gasteiger partial charge >= 0.3 is 11.9 Å². The fourth-order valence-electron chi connectivity index (χ4n) is 4.67. The fourth-order valence-corrected chi connectivity index (χ4v) is 4.67. The van der Waals surface area contributed by atoms with Gasteiger partial charge in [0, 0.05) is 0 Å². The Hall–Kier alpha value is -1.06. The molecule has 32 heavy (non-hydrogen) atoms. The average Bonchev–Trinajstić information content (AvgIpc) is 2.81. The zero-order valence-electron chi connectivity index (χ0n) is 21.3. The molecule has 0 radical (unpaired) electrons. The van der Waals surface area contributed by atoms with Crippen LogP contribution in [0.3, 0.4) is 0 Å². The largest absolute Gasteiger partial charge is 0.465 e. The molecule has 0 saturated heterocycles. The van der Waals surface area contributed by atoms with E-state index in [-0.39, 0.29) is 23.8 Å². The molecule has 2 unspecified atom stereocenters. The van der Waals surface area contributed by atoms with E-state index in [1.54, 1.807) is 0 Å². The van der Waals surface area contributed by atoms with E-state index in [1.807, 2.05) is 0 Å². The van der Waals surface area contributed by atoms with Gasteiger partial charge in [0.1, 0.15) is 0 Å². The molecule has 0 aromatic rings. The minimum absolute atomic E-state index is 0.102. The Kier molecular flexibility index (Phi) is 18.6. The molecule has 2 atom stereocenters. The van der Waals surface area contributed by atoms with Gasteiger partial charge in [0.05, 0.1) is 25.0 Å². The van der Waals surface area contributed by atoms with Gasteiger partial charge < -0.3 is 9.47 Å². The van der Waals surface area contributed by atoms with Gasteiger partial charge in [-0.15, -0.1) is 0 Å². The van der Waals surface area contributed by atoms with Crippen molar-refractivity contribution >= 4 is 11.9 Å². The second-order valence-electron chi connectivity index (χ2n) is 9.85. The maximum atomic E-state index is 12.4. The maximum absolute atomic E-state index is 12.4. The van der Waals surface area contributed by atoms with Crippen molar-refractivity contribution in [2.75, 3.05) is 13.2 Å². The fraction of sp³-hybridized carbons (Fsp3) is 0.929. The summed E-state index contributed by atoms with van der Waals surface area (Å²) >= 11 is 0. The van der Waals surface area contributed by atoms with Crippen molar-refractivity contribution in [3.8, 4) is 0 Å². The number of carbonyl (C=O) groups excluding carboxylic acids is 2. The number of unbranched alkanes of at least 4 members (excludes halogenated alkanes) is 14. The lowest BCUT2D eigenvalue weighted by molar-refractivity contribution is -0.155. The maximum Gasteiger partial charge on any atom is 0.308 e. The van der Waals surface area contributed by atoms with E-state index in [9.17, 15) is 9.59 Å². The zero-order chi connectivity index (χ0) is 23.3. The Morgan fingerprint density at radius 2 is 0.906 bits per heavy atom. The Morgan fingerprint density at radius 3 is 1.28 bits per heavy atom. The average molecular weight is 453 g/mol. The third kappa shape index (κ3) is 14.9. The molecule has 1 fully saturated rings. The predicted octanol–water partition coefficient (Wildman–Crippen LogP) is 8.16. The lowest BCUT2D eigenvalue weighted by Crippen LogP contribution is -2.30. The molecule has 0 aliphatic heterocycles. The molecule has 1 saturated carbocycles. The van der Waals surface area contributed by atoms with Gasteiger partial charge in [0.15, 0.2) is 0 Å². The van der Waals surface area contributed by atoms with E-state index in [2.05, 4.69) is 13.8 Å². The van der Waals surface area contributed by atoms with Crippen LogP contribution in [0.15, 0.2) is 0 Å². The van der Waals surface area contributed by atoms with E-state index in [4.69, 9.17) is 9.47 Å². The first-order chi connectivity index (χ1) is 15.7. The van der Waals surface area contributed by atoms with Crippen LogP contribution in [0.4, 0.5) is 0 Å². The van der Waals surface area contributed by atoms with Crippen molar-refractivity contribution in [1.29, 1.82) is 0 Å². The third-order valence-electron chi connectivity index (χ3n) is 6.83. The lowest BCUT2D eigenvalue weighted by Gasteiger charge is -2.26. The highest BCUT2D eigenvalue weighted by Gasteiger charge is 2.32. The molecule has 0 aromatic heterocycles. The highest BCUT2D eigenvalue weighted by atomic mass is 16.5. The van der Waals surface area contributed by atoms with Gasteiger partial charge in [-0.25, -0.2) is 0 Å². The van der Waals surface area contributed by atoms with Crippen LogP contribution in [0.5, 0.6) is 0 Å². The van der Waals surface area contributed by atoms with E-state index >= 15 is 0 Å². The highest BCUT2D eigenvalue weighted by Crippen LogP contribution is 2.31. The van der Waals surface area contributed by atoms with Crippen LogP contribution in [0, 0.1) is 11.8 Å². The van der Waals surface area contributed by atoms with Crippen LogP contribution in [0.2, 0.25) is 0 Å². The Balaban J connectivity index is 2.04. The predicted molar refractivity (Wildman–Crippen MR) is 133 cm³/mol. The van der Waals surface area contributed by atoms with Crippen molar-refractivity contribution in [2.45, 2.75) is 142 Å². The van der Waals surface area contributed by atoms with Crippen LogP contribution >= 0.6 is 0 Å². The van der Waals surface area contributed by atoms with Crippen LogP contribution < -0.4 is 0 Å². The standard InChI is InChI=1S/C28H52O4/c1-3-5-7-9-11-12-13-14-16-18-23-32-28(30)26-21-19-20-25(24-26)27(29)31-22-17-15-10-8-6-4-2/h25-26H,3-24H2,1-2H3. The molecule has 1 rings (SSSR count). The topological polar surface area (TPSA) is 52.6 Å². The molecular weight excluding hydrogens is 400 g/mol. The van der Waals surface area contributed by atoms with Gasteiger partial charge in [0.25, 0.3) is 0 Å². The summed E-state index contributed by atoms with van der Waals surface area (Å²) in [5.41, 5.74) is 0. The molecule has 0 N–H and O–H groups in total. The Labute approximate surface area is 198 Å². The lowest BCUT2D eigenvalue weighted by atomic mass is 9.81. The first kappa shape index (κ1) is 29.0. The van der Waals surface area contributed by atoms with Crippen molar-refractivity contribution in [1.82, 2.24) is 0 Å². The van der Waals surface area contributed by atoms with Crippen LogP contribution in [0.1, 0.15) is 142 Å². The molecule has 4 nitrogen and oxygen atoms in total. The summed E-state index contributed by atoms with van der Waals surface area (Å²) in [5, 5.41) is 0. The minimum atomic E-state index is -0.126. The van der Waals surface area contributed by atoms with Crippen molar-refractivity contribution in [3.63, 3.8) is 0 Å². The first-order valence-corrected chi connectivity index (χ1v) is 14.0. The first-order valence-electron chi connectivity index (χ1n) is 14.0. The summed E-state index contributed by atoms with van der Waals surface area (Å²) in [5.74, 6) is -0.461. The molecule has 0 spiro atoms. The molecule has 0 bridgehead atoms. The summed E-state index contributed by atoms with van der Waals surface area (Å²) in [4.78, 5) is 24.8. The summed E-state index contributed by atoms with van der Waals surface area (Å²) < 4.78 is 11.0. The van der Waals surface area contributed by atoms with Crippen molar-refractivity contribution < 1.29 is 19.1 Å². The van der Waals surface area contributed by atoms with Crippen molar-refractivity contribution in [3.05, 3.63) is 0 Å². The molecule has 1 aliphatic carbocycles. The number of ether oxygens (including phenoxy) is 2. The second kappa shape index (κ2) is 20.5. The number of esters is 2. The summed E-state index contributed by atoms with van der Waals surface area (Å²) in [6.07, 6.45) is 23.1. The smallest absolute Gasteiger partial charge is 0.308 e. The van der Waals surface area contributed by atoms with Gasteiger partial charge in [-0.1, -0.05) is 110 Å². The number of rotatable bonds is 20. The SMILES string of the molecule is CCCCCCCCCCCCOC(=O)C1CCCC(C(=O)OCCCCCCCC)C1. The zero-order valence-corrected chi connectivity index (χ0v) is 21.3. The van der Waals surface area contributed by atoms with Crippen LogP contribution in [-0.4, -0.2) is 25.2 Å². The van der Waals surface area contributed by atoms with E-state index < -0.39 is 0 Å². The number of hydrogen-bond acceptors (Lipinski definition) is 4.